The van der Waals surface area contributed by atoms with Gasteiger partial charge in [0.05, 0.1) is 6.67 Å². The topological polar surface area (TPSA) is 38.0 Å². The molecule has 1 heterocycles. The Morgan fingerprint density at radius 1 is 1.56 bits per heavy atom. The average molecular weight is 132 g/mol. The zero-order valence-electron chi connectivity index (χ0n) is 5.44. The van der Waals surface area contributed by atoms with Gasteiger partial charge < -0.3 is 11.1 Å². The predicted molar refractivity (Wildman–Crippen MR) is 34.9 cm³/mol. The standard InChI is InChI=1S/C6H13FN2/c7-2-1-5-3-9-4-6(5)8/h5-6,9H,1-4,8H2/t5-,6+/m1/s1. The van der Waals surface area contributed by atoms with Crippen molar-refractivity contribution in [2.24, 2.45) is 11.7 Å². The van der Waals surface area contributed by atoms with Crippen molar-refractivity contribution >= 4 is 0 Å². The molecule has 3 N–H and O–H groups in total. The number of nitrogens with one attached hydrogen (secondary N) is 1. The molecule has 3 heteroatoms. The Kier molecular flexibility index (Phi) is 2.42. The van der Waals surface area contributed by atoms with Gasteiger partial charge in [0.25, 0.3) is 0 Å². The molecule has 1 aliphatic rings. The van der Waals surface area contributed by atoms with Crippen molar-refractivity contribution in [3.63, 3.8) is 0 Å². The third-order valence-electron chi connectivity index (χ3n) is 1.87. The van der Waals surface area contributed by atoms with Gasteiger partial charge in [-0.3, -0.25) is 4.39 Å². The van der Waals surface area contributed by atoms with Crippen LogP contribution in [0.2, 0.25) is 0 Å². The fraction of sp³-hybridized carbons (Fsp3) is 1.00. The average Bonchev–Trinajstić information content (AvgIpc) is 2.18. The molecule has 0 aromatic heterocycles. The lowest BCUT2D eigenvalue weighted by Gasteiger charge is -2.10. The third-order valence-corrected chi connectivity index (χ3v) is 1.87. The summed E-state index contributed by atoms with van der Waals surface area (Å²) in [4.78, 5) is 0. The Bertz CT molecular complexity index is 87.1. The van der Waals surface area contributed by atoms with Crippen LogP contribution in [0, 0.1) is 5.92 Å². The van der Waals surface area contributed by atoms with Crippen LogP contribution in [-0.2, 0) is 0 Å². The van der Waals surface area contributed by atoms with Crippen molar-refractivity contribution in [1.29, 1.82) is 0 Å². The first kappa shape index (κ1) is 6.96. The fourth-order valence-electron chi connectivity index (χ4n) is 1.21. The number of hydrogen-bond acceptors (Lipinski definition) is 2. The maximum Gasteiger partial charge on any atom is 0.0898 e. The molecule has 0 amide bonds. The Balaban J connectivity index is 2.22. The second kappa shape index (κ2) is 3.13. The van der Waals surface area contributed by atoms with E-state index in [0.717, 1.165) is 13.1 Å². The Hall–Kier alpha value is -0.150. The molecular weight excluding hydrogens is 119 g/mol. The second-order valence-corrected chi connectivity index (χ2v) is 2.56. The summed E-state index contributed by atoms with van der Waals surface area (Å²) in [5, 5.41) is 3.12. The molecule has 0 aromatic carbocycles. The van der Waals surface area contributed by atoms with Crippen molar-refractivity contribution in [2.45, 2.75) is 12.5 Å². The van der Waals surface area contributed by atoms with Gasteiger partial charge in [0, 0.05) is 12.6 Å². The SMILES string of the molecule is N[C@H]1CNC[C@H]1CCF. The first-order valence-corrected chi connectivity index (χ1v) is 3.37. The van der Waals surface area contributed by atoms with Gasteiger partial charge in [-0.25, -0.2) is 0 Å². The molecule has 1 aliphatic heterocycles. The first-order valence-electron chi connectivity index (χ1n) is 3.37. The van der Waals surface area contributed by atoms with E-state index >= 15 is 0 Å². The van der Waals surface area contributed by atoms with Gasteiger partial charge in [0.2, 0.25) is 0 Å². The third kappa shape index (κ3) is 1.63. The molecule has 54 valence electrons. The smallest absolute Gasteiger partial charge is 0.0898 e. The lowest BCUT2D eigenvalue weighted by Crippen LogP contribution is -2.29. The molecule has 2 nitrogen and oxygen atoms in total. The molecule has 1 saturated heterocycles. The summed E-state index contributed by atoms with van der Waals surface area (Å²) in [7, 11) is 0. The summed E-state index contributed by atoms with van der Waals surface area (Å²) in [6.07, 6.45) is 0.619. The van der Waals surface area contributed by atoms with E-state index in [1.165, 1.54) is 0 Å². The van der Waals surface area contributed by atoms with Crippen LogP contribution in [0.3, 0.4) is 0 Å². The van der Waals surface area contributed by atoms with Crippen molar-refractivity contribution in [3.05, 3.63) is 0 Å². The van der Waals surface area contributed by atoms with E-state index in [-0.39, 0.29) is 12.7 Å². The van der Waals surface area contributed by atoms with E-state index in [2.05, 4.69) is 5.32 Å². The molecule has 2 atom stereocenters. The van der Waals surface area contributed by atoms with Gasteiger partial charge in [0.15, 0.2) is 0 Å². The molecule has 1 fully saturated rings. The molecule has 9 heavy (non-hydrogen) atoms. The highest BCUT2D eigenvalue weighted by Crippen LogP contribution is 2.10. The lowest BCUT2D eigenvalue weighted by molar-refractivity contribution is 0.382. The maximum absolute atomic E-state index is 11.7. The van der Waals surface area contributed by atoms with Gasteiger partial charge in [-0.2, -0.15) is 0 Å². The number of nitrogens with two attached hydrogens (primary N) is 1. The van der Waals surface area contributed by atoms with Gasteiger partial charge in [-0.15, -0.1) is 0 Å². The lowest BCUT2D eigenvalue weighted by atomic mass is 10.0. The van der Waals surface area contributed by atoms with Gasteiger partial charge in [-0.05, 0) is 18.9 Å². The fourth-order valence-corrected chi connectivity index (χ4v) is 1.21. The van der Waals surface area contributed by atoms with Crippen molar-refractivity contribution in [1.82, 2.24) is 5.32 Å². The van der Waals surface area contributed by atoms with E-state index in [9.17, 15) is 4.39 Å². The predicted octanol–water partition coefficient (Wildman–Crippen LogP) is -0.107. The van der Waals surface area contributed by atoms with E-state index in [4.69, 9.17) is 5.73 Å². The van der Waals surface area contributed by atoms with Crippen LogP contribution in [0.5, 0.6) is 0 Å². The molecule has 0 saturated carbocycles. The normalized spacial score (nSPS) is 35.3. The van der Waals surface area contributed by atoms with Crippen LogP contribution >= 0.6 is 0 Å². The maximum atomic E-state index is 11.7. The van der Waals surface area contributed by atoms with Crippen molar-refractivity contribution < 1.29 is 4.39 Å². The molecule has 0 aromatic rings. The molecular formula is C6H13FN2. The van der Waals surface area contributed by atoms with E-state index in [0.29, 0.717) is 12.3 Å². The minimum Gasteiger partial charge on any atom is -0.326 e. The van der Waals surface area contributed by atoms with Crippen molar-refractivity contribution in [3.8, 4) is 0 Å². The molecule has 1 rings (SSSR count). The minimum absolute atomic E-state index is 0.181. The largest absolute Gasteiger partial charge is 0.326 e. The van der Waals surface area contributed by atoms with E-state index < -0.39 is 0 Å². The minimum atomic E-state index is -0.236. The number of rotatable bonds is 2. The van der Waals surface area contributed by atoms with Crippen molar-refractivity contribution in [2.75, 3.05) is 19.8 Å². The van der Waals surface area contributed by atoms with E-state index in [1.54, 1.807) is 0 Å². The second-order valence-electron chi connectivity index (χ2n) is 2.56. The monoisotopic (exact) mass is 132 g/mol. The summed E-state index contributed by atoms with van der Waals surface area (Å²) in [5.41, 5.74) is 5.64. The van der Waals surface area contributed by atoms with E-state index in [1.807, 2.05) is 0 Å². The van der Waals surface area contributed by atoms with Crippen LogP contribution < -0.4 is 11.1 Å². The first-order chi connectivity index (χ1) is 4.34. The summed E-state index contributed by atoms with van der Waals surface area (Å²) in [6.45, 7) is 1.51. The van der Waals surface area contributed by atoms with Crippen LogP contribution in [0.15, 0.2) is 0 Å². The molecule has 0 bridgehead atoms. The van der Waals surface area contributed by atoms with Gasteiger partial charge in [-0.1, -0.05) is 0 Å². The Morgan fingerprint density at radius 2 is 2.33 bits per heavy atom. The number of alkyl halides is 1. The summed E-state index contributed by atoms with van der Waals surface area (Å²) < 4.78 is 11.7. The zero-order chi connectivity index (χ0) is 6.69. The summed E-state index contributed by atoms with van der Waals surface area (Å²) in [6, 6.07) is 0.181. The van der Waals surface area contributed by atoms with Gasteiger partial charge in [0.1, 0.15) is 0 Å². The highest BCUT2D eigenvalue weighted by Gasteiger charge is 2.22. The zero-order valence-corrected chi connectivity index (χ0v) is 5.44. The quantitative estimate of drug-likeness (QED) is 0.550. The molecule has 0 aliphatic carbocycles. The highest BCUT2D eigenvalue weighted by molar-refractivity contribution is 4.83. The van der Waals surface area contributed by atoms with Crippen LogP contribution in [-0.4, -0.2) is 25.8 Å². The van der Waals surface area contributed by atoms with Crippen LogP contribution in [0.1, 0.15) is 6.42 Å². The number of hydrogen-bond donors (Lipinski definition) is 2. The van der Waals surface area contributed by atoms with Gasteiger partial charge >= 0.3 is 0 Å². The molecule has 0 radical (unpaired) electrons. The van der Waals surface area contributed by atoms with Crippen LogP contribution in [0.25, 0.3) is 0 Å². The molecule has 0 spiro atoms. The Morgan fingerprint density at radius 3 is 2.78 bits per heavy atom. The highest BCUT2D eigenvalue weighted by atomic mass is 19.1. The Labute approximate surface area is 54.6 Å². The molecule has 0 unspecified atom stereocenters. The number of halogens is 1. The summed E-state index contributed by atoms with van der Waals surface area (Å²) >= 11 is 0. The summed E-state index contributed by atoms with van der Waals surface area (Å²) in [5.74, 6) is 0.370. The van der Waals surface area contributed by atoms with Crippen LogP contribution in [0.4, 0.5) is 4.39 Å².